The average Bonchev–Trinajstić information content (AvgIpc) is 3.03. The normalized spacial score (nSPS) is 14.1. The Labute approximate surface area is 85.8 Å². The predicted molar refractivity (Wildman–Crippen MR) is 60.1 cm³/mol. The van der Waals surface area contributed by atoms with Gasteiger partial charge in [-0.05, 0) is 31.4 Å². The lowest BCUT2D eigenvalue weighted by Crippen LogP contribution is -2.13. The van der Waals surface area contributed by atoms with E-state index in [9.17, 15) is 0 Å². The molecule has 74 valence electrons. The van der Waals surface area contributed by atoms with Crippen LogP contribution in [0.2, 0.25) is 0 Å². The number of hydrogen-bond acceptors (Lipinski definition) is 1. The van der Waals surface area contributed by atoms with E-state index in [1.807, 2.05) is 0 Å². The molecule has 0 saturated heterocycles. The number of hydrogen-bond donors (Lipinski definition) is 1. The molecule has 1 aliphatic rings. The molecular formula is C13H17N. The first-order chi connectivity index (χ1) is 6.95. The smallest absolute Gasteiger partial charge is 0.0205 e. The second-order valence-electron chi connectivity index (χ2n) is 3.81. The van der Waals surface area contributed by atoms with Gasteiger partial charge in [0.05, 0.1) is 0 Å². The van der Waals surface area contributed by atoms with Crippen molar-refractivity contribution in [3.63, 3.8) is 0 Å². The highest BCUT2D eigenvalue weighted by atomic mass is 14.8. The van der Waals surface area contributed by atoms with Gasteiger partial charge in [-0.2, -0.15) is 0 Å². The van der Waals surface area contributed by atoms with Gasteiger partial charge >= 0.3 is 0 Å². The first kappa shape index (κ1) is 9.47. The fraction of sp³-hybridized carbons (Fsp3) is 0.385. The van der Waals surface area contributed by atoms with E-state index >= 15 is 0 Å². The van der Waals surface area contributed by atoms with Gasteiger partial charge in [-0.1, -0.05) is 42.0 Å². The number of benzene rings is 1. The van der Waals surface area contributed by atoms with E-state index in [-0.39, 0.29) is 0 Å². The van der Waals surface area contributed by atoms with Crippen LogP contribution in [0.4, 0.5) is 0 Å². The Bertz CT molecular complexity index is 294. The van der Waals surface area contributed by atoms with Crippen LogP contribution in [0.15, 0.2) is 42.0 Å². The van der Waals surface area contributed by atoms with Gasteiger partial charge in [0.1, 0.15) is 0 Å². The topological polar surface area (TPSA) is 12.0 Å². The molecule has 1 aliphatic carbocycles. The maximum Gasteiger partial charge on any atom is 0.0205 e. The van der Waals surface area contributed by atoms with Gasteiger partial charge in [-0.3, -0.25) is 0 Å². The standard InChI is InChI=1S/C13H17N/c1-2-5-13(6-3-1)11-14-10-4-7-12-8-9-12/h1-3,5-7,14H,4,8-11H2. The van der Waals surface area contributed by atoms with Gasteiger partial charge in [0, 0.05) is 6.54 Å². The van der Waals surface area contributed by atoms with E-state index in [1.54, 1.807) is 5.57 Å². The van der Waals surface area contributed by atoms with Gasteiger partial charge in [-0.25, -0.2) is 0 Å². The zero-order chi connectivity index (χ0) is 9.64. The van der Waals surface area contributed by atoms with Crippen molar-refractivity contribution in [2.24, 2.45) is 0 Å². The Morgan fingerprint density at radius 3 is 2.64 bits per heavy atom. The highest BCUT2D eigenvalue weighted by molar-refractivity contribution is 5.16. The van der Waals surface area contributed by atoms with Gasteiger partial charge in [0.25, 0.3) is 0 Å². The van der Waals surface area contributed by atoms with Gasteiger partial charge < -0.3 is 5.32 Å². The molecule has 0 unspecified atom stereocenters. The van der Waals surface area contributed by atoms with Crippen LogP contribution < -0.4 is 5.32 Å². The van der Waals surface area contributed by atoms with Crippen LogP contribution in [0.25, 0.3) is 0 Å². The van der Waals surface area contributed by atoms with E-state index in [0.717, 1.165) is 13.1 Å². The van der Waals surface area contributed by atoms with Crippen molar-refractivity contribution in [2.75, 3.05) is 6.54 Å². The highest BCUT2D eigenvalue weighted by Gasteiger charge is 2.08. The van der Waals surface area contributed by atoms with Crippen LogP contribution in [-0.2, 0) is 6.54 Å². The molecule has 0 radical (unpaired) electrons. The number of nitrogens with one attached hydrogen (secondary N) is 1. The van der Waals surface area contributed by atoms with Gasteiger partial charge in [0.2, 0.25) is 0 Å². The lowest BCUT2D eigenvalue weighted by atomic mass is 10.2. The van der Waals surface area contributed by atoms with Gasteiger partial charge in [-0.15, -0.1) is 0 Å². The molecule has 0 heterocycles. The number of rotatable bonds is 5. The average molecular weight is 187 g/mol. The summed E-state index contributed by atoms with van der Waals surface area (Å²) in [6.45, 7) is 2.09. The molecule has 14 heavy (non-hydrogen) atoms. The number of allylic oxidation sites excluding steroid dienone is 1. The SMILES string of the molecule is C(CCNCc1ccccc1)=C1CC1. The molecule has 0 aromatic heterocycles. The minimum absolute atomic E-state index is 0.990. The predicted octanol–water partition coefficient (Wildman–Crippen LogP) is 2.89. The molecule has 1 fully saturated rings. The summed E-state index contributed by atoms with van der Waals surface area (Å²) in [7, 11) is 0. The largest absolute Gasteiger partial charge is 0.312 e. The Kier molecular flexibility index (Phi) is 3.36. The minimum atomic E-state index is 0.990. The third-order valence-electron chi connectivity index (χ3n) is 2.46. The van der Waals surface area contributed by atoms with E-state index in [4.69, 9.17) is 0 Å². The Hall–Kier alpha value is -1.08. The molecule has 0 bridgehead atoms. The summed E-state index contributed by atoms with van der Waals surface area (Å²) in [5.41, 5.74) is 3.01. The molecular weight excluding hydrogens is 170 g/mol. The quantitative estimate of drug-likeness (QED) is 0.552. The summed E-state index contributed by atoms with van der Waals surface area (Å²) in [5.74, 6) is 0. The molecule has 1 heteroatoms. The molecule has 0 atom stereocenters. The van der Waals surface area contributed by atoms with Crippen molar-refractivity contribution < 1.29 is 0 Å². The molecule has 1 aromatic rings. The van der Waals surface area contributed by atoms with Crippen molar-refractivity contribution in [3.8, 4) is 0 Å². The van der Waals surface area contributed by atoms with Crippen LogP contribution in [0, 0.1) is 0 Å². The van der Waals surface area contributed by atoms with E-state index in [1.165, 1.54) is 24.8 Å². The molecule has 1 nitrogen and oxygen atoms in total. The zero-order valence-electron chi connectivity index (χ0n) is 8.50. The summed E-state index contributed by atoms with van der Waals surface area (Å²) < 4.78 is 0. The monoisotopic (exact) mass is 187 g/mol. The van der Waals surface area contributed by atoms with Crippen molar-refractivity contribution in [1.82, 2.24) is 5.32 Å². The van der Waals surface area contributed by atoms with E-state index in [0.29, 0.717) is 0 Å². The maximum absolute atomic E-state index is 3.44. The van der Waals surface area contributed by atoms with Crippen LogP contribution >= 0.6 is 0 Å². The van der Waals surface area contributed by atoms with Crippen molar-refractivity contribution in [1.29, 1.82) is 0 Å². The third-order valence-corrected chi connectivity index (χ3v) is 2.46. The van der Waals surface area contributed by atoms with Crippen LogP contribution in [0.5, 0.6) is 0 Å². The summed E-state index contributed by atoms with van der Waals surface area (Å²) in [4.78, 5) is 0. The third kappa shape index (κ3) is 3.35. The first-order valence-electron chi connectivity index (χ1n) is 5.38. The fourth-order valence-corrected chi connectivity index (χ4v) is 1.48. The molecule has 2 rings (SSSR count). The minimum Gasteiger partial charge on any atom is -0.312 e. The molecule has 0 spiro atoms. The Morgan fingerprint density at radius 2 is 1.93 bits per heavy atom. The lowest BCUT2D eigenvalue weighted by Gasteiger charge is -2.02. The summed E-state index contributed by atoms with van der Waals surface area (Å²) in [6.07, 6.45) is 6.25. The Morgan fingerprint density at radius 1 is 1.14 bits per heavy atom. The molecule has 1 N–H and O–H groups in total. The van der Waals surface area contributed by atoms with Crippen LogP contribution in [-0.4, -0.2) is 6.54 Å². The maximum atomic E-state index is 3.44. The Balaban J connectivity index is 1.60. The summed E-state index contributed by atoms with van der Waals surface area (Å²) >= 11 is 0. The zero-order valence-corrected chi connectivity index (χ0v) is 8.50. The van der Waals surface area contributed by atoms with E-state index < -0.39 is 0 Å². The highest BCUT2D eigenvalue weighted by Crippen LogP contribution is 2.27. The second-order valence-corrected chi connectivity index (χ2v) is 3.81. The molecule has 0 aliphatic heterocycles. The molecule has 1 aromatic carbocycles. The molecule has 1 saturated carbocycles. The van der Waals surface area contributed by atoms with Crippen LogP contribution in [0.1, 0.15) is 24.8 Å². The molecule has 0 amide bonds. The summed E-state index contributed by atoms with van der Waals surface area (Å²) in [5, 5.41) is 3.44. The van der Waals surface area contributed by atoms with E-state index in [2.05, 4.69) is 41.7 Å². The second kappa shape index (κ2) is 4.97. The summed E-state index contributed by atoms with van der Waals surface area (Å²) in [6, 6.07) is 10.5. The van der Waals surface area contributed by atoms with Crippen molar-refractivity contribution >= 4 is 0 Å². The van der Waals surface area contributed by atoms with Crippen LogP contribution in [0.3, 0.4) is 0 Å². The first-order valence-corrected chi connectivity index (χ1v) is 5.38. The lowest BCUT2D eigenvalue weighted by molar-refractivity contribution is 0.695. The van der Waals surface area contributed by atoms with Crippen molar-refractivity contribution in [2.45, 2.75) is 25.8 Å². The van der Waals surface area contributed by atoms with Crippen molar-refractivity contribution in [3.05, 3.63) is 47.5 Å². The fourth-order valence-electron chi connectivity index (χ4n) is 1.48. The van der Waals surface area contributed by atoms with Gasteiger partial charge in [0.15, 0.2) is 0 Å².